The van der Waals surface area contributed by atoms with Crippen molar-refractivity contribution in [1.82, 2.24) is 5.32 Å². The van der Waals surface area contributed by atoms with Gasteiger partial charge in [-0.05, 0) is 50.5 Å². The molecular formula is C12H23N. The highest BCUT2D eigenvalue weighted by atomic mass is 15.0. The topological polar surface area (TPSA) is 12.0 Å². The van der Waals surface area contributed by atoms with Gasteiger partial charge in [-0.25, -0.2) is 0 Å². The Hall–Kier alpha value is -0.0400. The number of rotatable bonds is 2. The molecule has 2 rings (SSSR count). The molecule has 1 N–H and O–H groups in total. The van der Waals surface area contributed by atoms with Crippen molar-refractivity contribution in [2.24, 2.45) is 11.3 Å². The van der Waals surface area contributed by atoms with Crippen LogP contribution in [0.25, 0.3) is 0 Å². The van der Waals surface area contributed by atoms with E-state index in [1.807, 2.05) is 0 Å². The molecule has 0 spiro atoms. The molecule has 1 nitrogen and oxygen atoms in total. The molecule has 2 aliphatic rings. The van der Waals surface area contributed by atoms with Crippen LogP contribution in [0.4, 0.5) is 0 Å². The summed E-state index contributed by atoms with van der Waals surface area (Å²) in [6, 6.07) is 0. The van der Waals surface area contributed by atoms with E-state index in [0.29, 0.717) is 11.0 Å². The van der Waals surface area contributed by atoms with Gasteiger partial charge < -0.3 is 5.32 Å². The van der Waals surface area contributed by atoms with Gasteiger partial charge in [0.2, 0.25) is 0 Å². The monoisotopic (exact) mass is 181 g/mol. The molecule has 0 aromatic rings. The molecule has 1 atom stereocenters. The molecule has 76 valence electrons. The molecule has 13 heavy (non-hydrogen) atoms. The predicted octanol–water partition coefficient (Wildman–Crippen LogP) is 2.95. The van der Waals surface area contributed by atoms with Gasteiger partial charge in [0.15, 0.2) is 0 Å². The SMILES string of the molecule is CNC1(C2CCCC(C)(C)C2)CC1. The van der Waals surface area contributed by atoms with Crippen molar-refractivity contribution < 1.29 is 0 Å². The average Bonchev–Trinajstić information content (AvgIpc) is 2.82. The molecule has 1 unspecified atom stereocenters. The Balaban J connectivity index is 2.00. The lowest BCUT2D eigenvalue weighted by Gasteiger charge is -2.39. The summed E-state index contributed by atoms with van der Waals surface area (Å²) in [6.07, 6.45) is 8.62. The van der Waals surface area contributed by atoms with Crippen LogP contribution < -0.4 is 5.32 Å². The summed E-state index contributed by atoms with van der Waals surface area (Å²) in [4.78, 5) is 0. The molecule has 0 aliphatic heterocycles. The molecule has 0 saturated heterocycles. The van der Waals surface area contributed by atoms with Gasteiger partial charge >= 0.3 is 0 Å². The summed E-state index contributed by atoms with van der Waals surface area (Å²) < 4.78 is 0. The Kier molecular flexibility index (Phi) is 2.18. The summed E-state index contributed by atoms with van der Waals surface area (Å²) in [5, 5.41) is 3.56. The maximum atomic E-state index is 3.56. The number of hydrogen-bond donors (Lipinski definition) is 1. The first-order valence-corrected chi connectivity index (χ1v) is 5.77. The van der Waals surface area contributed by atoms with Crippen LogP contribution in [0, 0.1) is 11.3 Å². The zero-order chi connectivity index (χ0) is 9.53. The van der Waals surface area contributed by atoms with E-state index in [1.54, 1.807) is 0 Å². The minimum atomic E-state index is 0.567. The molecule has 0 aromatic heterocycles. The fraction of sp³-hybridized carbons (Fsp3) is 1.00. The Morgan fingerprint density at radius 1 is 1.15 bits per heavy atom. The van der Waals surface area contributed by atoms with Gasteiger partial charge in [-0.3, -0.25) is 0 Å². The number of hydrogen-bond acceptors (Lipinski definition) is 1. The molecule has 2 aliphatic carbocycles. The molecule has 1 heteroatoms. The van der Waals surface area contributed by atoms with Gasteiger partial charge in [-0.1, -0.05) is 20.3 Å². The Morgan fingerprint density at radius 3 is 2.31 bits per heavy atom. The second-order valence-electron chi connectivity index (χ2n) is 5.86. The summed E-state index contributed by atoms with van der Waals surface area (Å²) in [7, 11) is 2.15. The fourth-order valence-corrected chi connectivity index (χ4v) is 3.17. The lowest BCUT2D eigenvalue weighted by atomic mass is 9.69. The van der Waals surface area contributed by atoms with Crippen molar-refractivity contribution >= 4 is 0 Å². The molecular weight excluding hydrogens is 158 g/mol. The van der Waals surface area contributed by atoms with E-state index in [2.05, 4.69) is 26.2 Å². The van der Waals surface area contributed by atoms with Gasteiger partial charge in [0.05, 0.1) is 0 Å². The van der Waals surface area contributed by atoms with Crippen molar-refractivity contribution in [3.8, 4) is 0 Å². The van der Waals surface area contributed by atoms with Crippen molar-refractivity contribution in [2.75, 3.05) is 7.05 Å². The fourth-order valence-electron chi connectivity index (χ4n) is 3.17. The second kappa shape index (κ2) is 2.98. The maximum Gasteiger partial charge on any atom is 0.0208 e. The third kappa shape index (κ3) is 1.76. The van der Waals surface area contributed by atoms with Crippen LogP contribution in [0.2, 0.25) is 0 Å². The van der Waals surface area contributed by atoms with Crippen LogP contribution in [0.5, 0.6) is 0 Å². The summed E-state index contributed by atoms with van der Waals surface area (Å²) >= 11 is 0. The van der Waals surface area contributed by atoms with Gasteiger partial charge in [-0.15, -0.1) is 0 Å². The van der Waals surface area contributed by atoms with Crippen LogP contribution in [-0.4, -0.2) is 12.6 Å². The van der Waals surface area contributed by atoms with Crippen molar-refractivity contribution in [2.45, 2.75) is 57.9 Å². The van der Waals surface area contributed by atoms with Crippen LogP contribution in [0.3, 0.4) is 0 Å². The van der Waals surface area contributed by atoms with Crippen LogP contribution >= 0.6 is 0 Å². The van der Waals surface area contributed by atoms with Crippen LogP contribution in [0.15, 0.2) is 0 Å². The second-order valence-corrected chi connectivity index (χ2v) is 5.86. The lowest BCUT2D eigenvalue weighted by Crippen LogP contribution is -2.40. The Labute approximate surface area is 82.3 Å². The van der Waals surface area contributed by atoms with Crippen molar-refractivity contribution in [1.29, 1.82) is 0 Å². The molecule has 2 fully saturated rings. The Bertz CT molecular complexity index is 191. The van der Waals surface area contributed by atoms with Crippen LogP contribution in [0.1, 0.15) is 52.4 Å². The van der Waals surface area contributed by atoms with E-state index in [9.17, 15) is 0 Å². The van der Waals surface area contributed by atoms with E-state index in [4.69, 9.17) is 0 Å². The predicted molar refractivity (Wildman–Crippen MR) is 56.8 cm³/mol. The first kappa shape index (κ1) is 9.51. The Morgan fingerprint density at radius 2 is 1.85 bits per heavy atom. The van der Waals surface area contributed by atoms with Gasteiger partial charge in [0.25, 0.3) is 0 Å². The zero-order valence-corrected chi connectivity index (χ0v) is 9.32. The molecule has 0 amide bonds. The maximum absolute atomic E-state index is 3.56. The molecule has 2 saturated carbocycles. The van der Waals surface area contributed by atoms with Gasteiger partial charge in [0.1, 0.15) is 0 Å². The van der Waals surface area contributed by atoms with E-state index in [-0.39, 0.29) is 0 Å². The van der Waals surface area contributed by atoms with E-state index in [1.165, 1.54) is 38.5 Å². The summed E-state index contributed by atoms with van der Waals surface area (Å²) in [5.41, 5.74) is 1.17. The number of nitrogens with one attached hydrogen (secondary N) is 1. The van der Waals surface area contributed by atoms with Gasteiger partial charge in [-0.2, -0.15) is 0 Å². The third-order valence-corrected chi connectivity index (χ3v) is 4.27. The first-order valence-electron chi connectivity index (χ1n) is 5.77. The van der Waals surface area contributed by atoms with Gasteiger partial charge in [0, 0.05) is 5.54 Å². The molecule has 0 radical (unpaired) electrons. The van der Waals surface area contributed by atoms with E-state index in [0.717, 1.165) is 5.92 Å². The molecule has 0 aromatic carbocycles. The average molecular weight is 181 g/mol. The van der Waals surface area contributed by atoms with Crippen molar-refractivity contribution in [3.05, 3.63) is 0 Å². The highest BCUT2D eigenvalue weighted by Gasteiger charge is 2.49. The minimum Gasteiger partial charge on any atom is -0.314 e. The summed E-state index contributed by atoms with van der Waals surface area (Å²) in [5.74, 6) is 0.959. The normalized spacial score (nSPS) is 35.8. The minimum absolute atomic E-state index is 0.567. The highest BCUT2D eigenvalue weighted by Crippen LogP contribution is 2.51. The van der Waals surface area contributed by atoms with Crippen LogP contribution in [-0.2, 0) is 0 Å². The van der Waals surface area contributed by atoms with E-state index >= 15 is 0 Å². The third-order valence-electron chi connectivity index (χ3n) is 4.27. The van der Waals surface area contributed by atoms with E-state index < -0.39 is 0 Å². The summed E-state index contributed by atoms with van der Waals surface area (Å²) in [6.45, 7) is 4.87. The zero-order valence-electron chi connectivity index (χ0n) is 9.32. The highest BCUT2D eigenvalue weighted by molar-refractivity contribution is 5.07. The molecule has 0 heterocycles. The van der Waals surface area contributed by atoms with Crippen molar-refractivity contribution in [3.63, 3.8) is 0 Å². The standard InChI is InChI=1S/C12H23N/c1-11(2)6-4-5-10(9-11)12(13-3)7-8-12/h10,13H,4-9H2,1-3H3. The lowest BCUT2D eigenvalue weighted by molar-refractivity contribution is 0.142. The first-order chi connectivity index (χ1) is 6.08. The largest absolute Gasteiger partial charge is 0.314 e. The smallest absolute Gasteiger partial charge is 0.0208 e. The molecule has 0 bridgehead atoms. The quantitative estimate of drug-likeness (QED) is 0.690.